The normalized spacial score (nSPS) is 11.0. The zero-order valence-corrected chi connectivity index (χ0v) is 20.8. The van der Waals surface area contributed by atoms with Crippen LogP contribution in [-0.2, 0) is 13.2 Å². The lowest BCUT2D eigenvalue weighted by atomic mass is 10.2. The number of halogens is 1. The van der Waals surface area contributed by atoms with E-state index in [1.54, 1.807) is 18.2 Å². The Morgan fingerprint density at radius 3 is 2.49 bits per heavy atom. The van der Waals surface area contributed by atoms with E-state index in [1.807, 2.05) is 24.5 Å². The number of ketones is 1. The van der Waals surface area contributed by atoms with Crippen molar-refractivity contribution in [3.63, 3.8) is 0 Å². The van der Waals surface area contributed by atoms with Gasteiger partial charge in [-0.2, -0.15) is 0 Å². The first kappa shape index (κ1) is 24.5. The van der Waals surface area contributed by atoms with Crippen LogP contribution in [-0.4, -0.2) is 30.9 Å². The molecule has 8 heteroatoms. The van der Waals surface area contributed by atoms with Gasteiger partial charge in [-0.1, -0.05) is 35.5 Å². The van der Waals surface area contributed by atoms with E-state index in [4.69, 9.17) is 4.74 Å². The van der Waals surface area contributed by atoms with Crippen LogP contribution in [0.1, 0.15) is 33.1 Å². The van der Waals surface area contributed by atoms with Crippen molar-refractivity contribution in [2.45, 2.75) is 39.1 Å². The first-order valence-corrected chi connectivity index (χ1v) is 12.2. The monoisotopic (exact) mass is 490 g/mol. The molecule has 6 nitrogen and oxygen atoms in total. The predicted molar refractivity (Wildman–Crippen MR) is 136 cm³/mol. The van der Waals surface area contributed by atoms with Crippen LogP contribution in [0, 0.1) is 26.6 Å². The number of aromatic nitrogens is 4. The van der Waals surface area contributed by atoms with E-state index in [9.17, 15) is 9.18 Å². The number of Topliss-reactive ketones (excluding diaryl/α,β-unsaturated/α-hetero) is 1. The van der Waals surface area contributed by atoms with Gasteiger partial charge in [0.2, 0.25) is 0 Å². The smallest absolute Gasteiger partial charge is 0.192 e. The molecule has 0 saturated heterocycles. The van der Waals surface area contributed by atoms with Crippen LogP contribution in [0.4, 0.5) is 4.39 Å². The summed E-state index contributed by atoms with van der Waals surface area (Å²) in [4.78, 5) is 13.1. The van der Waals surface area contributed by atoms with Gasteiger partial charge in [0.25, 0.3) is 0 Å². The third-order valence-electron chi connectivity index (χ3n) is 5.64. The second-order valence-corrected chi connectivity index (χ2v) is 9.15. The minimum absolute atomic E-state index is 0.0266. The van der Waals surface area contributed by atoms with Gasteiger partial charge in [-0.05, 0) is 63.2 Å². The largest absolute Gasteiger partial charge is 0.486 e. The van der Waals surface area contributed by atoms with E-state index in [2.05, 4.69) is 52.5 Å². The van der Waals surface area contributed by atoms with Gasteiger partial charge in [-0.25, -0.2) is 4.39 Å². The Morgan fingerprint density at radius 2 is 1.80 bits per heavy atom. The summed E-state index contributed by atoms with van der Waals surface area (Å²) in [7, 11) is 0. The molecular weight excluding hydrogens is 463 g/mol. The summed E-state index contributed by atoms with van der Waals surface area (Å²) in [5, 5.41) is 9.10. The number of hydrogen-bond acceptors (Lipinski definition) is 5. The molecule has 35 heavy (non-hydrogen) atoms. The maximum absolute atomic E-state index is 13.1. The Morgan fingerprint density at radius 1 is 1.09 bits per heavy atom. The van der Waals surface area contributed by atoms with E-state index in [0.717, 1.165) is 17.1 Å². The molecule has 0 aliphatic carbocycles. The second kappa shape index (κ2) is 10.7. The third kappa shape index (κ3) is 5.54. The number of hydrogen-bond donors (Lipinski definition) is 0. The lowest BCUT2D eigenvalue weighted by molar-refractivity contribution is 0.102. The van der Waals surface area contributed by atoms with Crippen molar-refractivity contribution >= 4 is 17.5 Å². The molecule has 2 heterocycles. The van der Waals surface area contributed by atoms with Crippen LogP contribution < -0.4 is 4.74 Å². The Balaban J connectivity index is 1.47. The van der Waals surface area contributed by atoms with Crippen molar-refractivity contribution in [1.82, 2.24) is 19.3 Å². The van der Waals surface area contributed by atoms with Crippen LogP contribution in [0.2, 0.25) is 0 Å². The molecule has 0 aliphatic rings. The lowest BCUT2D eigenvalue weighted by Gasteiger charge is -2.10. The molecule has 2 aromatic carbocycles. The molecule has 0 radical (unpaired) electrons. The summed E-state index contributed by atoms with van der Waals surface area (Å²) in [5.41, 5.74) is 4.85. The van der Waals surface area contributed by atoms with Gasteiger partial charge < -0.3 is 9.30 Å². The van der Waals surface area contributed by atoms with Gasteiger partial charge in [-0.3, -0.25) is 9.36 Å². The third-order valence-corrected chi connectivity index (χ3v) is 6.61. The number of aryl methyl sites for hydroxylation is 2. The molecule has 0 N–H and O–H groups in total. The first-order valence-electron chi connectivity index (χ1n) is 11.2. The molecule has 0 atom stereocenters. The van der Waals surface area contributed by atoms with Crippen molar-refractivity contribution in [2.75, 3.05) is 5.75 Å². The van der Waals surface area contributed by atoms with E-state index >= 15 is 0 Å². The second-order valence-electron chi connectivity index (χ2n) is 8.21. The molecule has 0 saturated carbocycles. The lowest BCUT2D eigenvalue weighted by Crippen LogP contribution is -2.09. The fourth-order valence-electron chi connectivity index (χ4n) is 3.87. The van der Waals surface area contributed by atoms with Gasteiger partial charge in [0.1, 0.15) is 18.2 Å². The molecule has 4 rings (SSSR count). The van der Waals surface area contributed by atoms with Crippen LogP contribution in [0.15, 0.2) is 72.4 Å². The number of rotatable bonds is 10. The van der Waals surface area contributed by atoms with Crippen LogP contribution >= 0.6 is 11.8 Å². The van der Waals surface area contributed by atoms with E-state index < -0.39 is 0 Å². The molecule has 2 aromatic heterocycles. The standard InChI is InChI=1S/C27H27FN4O2S/c1-5-14-31-26(16-34-23-12-8-21(28)9-13-23)29-30-27(31)35-17-25(33)24-15-19(3)32(20(24)4)22-10-6-18(2)7-11-22/h5-13,15H,1,14,16-17H2,2-4H3. The molecular formula is C27H27FN4O2S. The highest BCUT2D eigenvalue weighted by Crippen LogP contribution is 2.25. The van der Waals surface area contributed by atoms with Gasteiger partial charge >= 0.3 is 0 Å². The minimum atomic E-state index is -0.324. The molecule has 0 unspecified atom stereocenters. The van der Waals surface area contributed by atoms with Crippen LogP contribution in [0.3, 0.4) is 0 Å². The molecule has 0 aliphatic heterocycles. The van der Waals surface area contributed by atoms with Crippen LogP contribution in [0.25, 0.3) is 5.69 Å². The Kier molecular flexibility index (Phi) is 7.51. The van der Waals surface area contributed by atoms with Gasteiger partial charge in [0.05, 0.1) is 5.75 Å². The van der Waals surface area contributed by atoms with Crippen molar-refractivity contribution in [1.29, 1.82) is 0 Å². The fraction of sp³-hybridized carbons (Fsp3) is 0.222. The molecule has 180 valence electrons. The number of ether oxygens (including phenoxy) is 1. The van der Waals surface area contributed by atoms with Gasteiger partial charge in [0.15, 0.2) is 16.8 Å². The number of carbonyl (C=O) groups excluding carboxylic acids is 1. The van der Waals surface area contributed by atoms with Crippen LogP contribution in [0.5, 0.6) is 5.75 Å². The summed E-state index contributed by atoms with van der Waals surface area (Å²) in [6, 6.07) is 16.0. The van der Waals surface area contributed by atoms with Crippen molar-refractivity contribution in [2.24, 2.45) is 0 Å². The number of nitrogens with zero attached hydrogens (tertiary/aromatic N) is 4. The van der Waals surface area contributed by atoms with Crippen molar-refractivity contribution in [3.05, 3.63) is 101 Å². The SMILES string of the molecule is C=CCn1c(COc2ccc(F)cc2)nnc1SCC(=O)c1cc(C)n(-c2ccc(C)cc2)c1C. The Bertz CT molecular complexity index is 1340. The Labute approximate surface area is 208 Å². The van der Waals surface area contributed by atoms with Crippen molar-refractivity contribution in [3.8, 4) is 11.4 Å². The maximum Gasteiger partial charge on any atom is 0.192 e. The maximum atomic E-state index is 13.1. The number of carbonyl (C=O) groups is 1. The summed E-state index contributed by atoms with van der Waals surface area (Å²) >= 11 is 1.33. The Hall–Kier alpha value is -3.65. The highest BCUT2D eigenvalue weighted by Gasteiger charge is 2.19. The van der Waals surface area contributed by atoms with Gasteiger partial charge in [0, 0.05) is 29.2 Å². The summed E-state index contributed by atoms with van der Waals surface area (Å²) in [6.45, 7) is 10.5. The fourth-order valence-corrected chi connectivity index (χ4v) is 4.72. The number of thioether (sulfide) groups is 1. The highest BCUT2D eigenvalue weighted by molar-refractivity contribution is 7.99. The number of allylic oxidation sites excluding steroid dienone is 1. The zero-order chi connectivity index (χ0) is 24.9. The van der Waals surface area contributed by atoms with E-state index in [0.29, 0.717) is 28.8 Å². The van der Waals surface area contributed by atoms with Crippen molar-refractivity contribution < 1.29 is 13.9 Å². The molecule has 0 spiro atoms. The molecule has 4 aromatic rings. The van der Waals surface area contributed by atoms with E-state index in [1.165, 1.54) is 29.5 Å². The molecule has 0 fully saturated rings. The minimum Gasteiger partial charge on any atom is -0.486 e. The van der Waals surface area contributed by atoms with Gasteiger partial charge in [-0.15, -0.1) is 16.8 Å². The zero-order valence-electron chi connectivity index (χ0n) is 20.0. The predicted octanol–water partition coefficient (Wildman–Crippen LogP) is 5.87. The van der Waals surface area contributed by atoms with E-state index in [-0.39, 0.29) is 24.0 Å². The molecule has 0 bridgehead atoms. The summed E-state index contributed by atoms with van der Waals surface area (Å²) in [6.07, 6.45) is 1.74. The average molecular weight is 491 g/mol. The molecule has 0 amide bonds. The average Bonchev–Trinajstić information content (AvgIpc) is 3.37. The summed E-state index contributed by atoms with van der Waals surface area (Å²) in [5.74, 6) is 1.07. The number of benzene rings is 2. The quantitative estimate of drug-likeness (QED) is 0.158. The summed E-state index contributed by atoms with van der Waals surface area (Å²) < 4.78 is 22.8. The highest BCUT2D eigenvalue weighted by atomic mass is 32.2. The topological polar surface area (TPSA) is 61.9 Å². The first-order chi connectivity index (χ1) is 16.9.